The first-order chi connectivity index (χ1) is 18.4. The minimum absolute atomic E-state index is 0.0140. The Bertz CT molecular complexity index is 1600. The molecule has 0 saturated heterocycles. The van der Waals surface area contributed by atoms with E-state index in [2.05, 4.69) is 20.6 Å². The molecule has 2 amide bonds. The normalized spacial score (nSPS) is 12.7. The van der Waals surface area contributed by atoms with Gasteiger partial charge in [-0.1, -0.05) is 59.9 Å². The molecule has 194 valence electrons. The summed E-state index contributed by atoms with van der Waals surface area (Å²) < 4.78 is 12.4. The molecule has 2 atom stereocenters. The monoisotopic (exact) mass is 546 g/mol. The van der Waals surface area contributed by atoms with Gasteiger partial charge in [-0.25, -0.2) is 9.97 Å². The van der Waals surface area contributed by atoms with Gasteiger partial charge in [0, 0.05) is 18.6 Å². The predicted molar refractivity (Wildman–Crippen MR) is 153 cm³/mol. The molecule has 0 bridgehead atoms. The Morgan fingerprint density at radius 3 is 1.92 bits per heavy atom. The van der Waals surface area contributed by atoms with E-state index in [4.69, 9.17) is 9.47 Å². The molecule has 8 nitrogen and oxygen atoms in total. The standard InChI is InChI=1S/C28H26N4O4S2/c1-16(17-7-5-4-6-8-17)20(26(34)32-28-30-22-14-19(36-3)10-12-24(22)38-28)15-25(33)31-27-29-21-13-18(35-2)9-11-23(21)37-27/h4-14,16,20H,15H2,1-3H3,(H,29,31,33)(H,30,32,34)/t16-,20+/m1/s1. The summed E-state index contributed by atoms with van der Waals surface area (Å²) in [6, 6.07) is 20.9. The van der Waals surface area contributed by atoms with Crippen molar-refractivity contribution < 1.29 is 19.1 Å². The summed E-state index contributed by atoms with van der Waals surface area (Å²) in [5.74, 6) is -0.00220. The summed E-state index contributed by atoms with van der Waals surface area (Å²) in [4.78, 5) is 35.8. The number of ether oxygens (including phenoxy) is 2. The first kappa shape index (κ1) is 25.6. The Kier molecular flexibility index (Phi) is 7.52. The number of nitrogens with zero attached hydrogens (tertiary/aromatic N) is 2. The van der Waals surface area contributed by atoms with Gasteiger partial charge in [-0.05, 0) is 35.7 Å². The number of thiazole rings is 2. The highest BCUT2D eigenvalue weighted by Crippen LogP contribution is 2.33. The van der Waals surface area contributed by atoms with Gasteiger partial charge >= 0.3 is 0 Å². The largest absolute Gasteiger partial charge is 0.497 e. The lowest BCUT2D eigenvalue weighted by Crippen LogP contribution is -2.31. The highest BCUT2D eigenvalue weighted by molar-refractivity contribution is 7.22. The second kappa shape index (κ2) is 11.2. The molecule has 3 aromatic carbocycles. The van der Waals surface area contributed by atoms with Crippen LogP contribution in [0.3, 0.4) is 0 Å². The average molecular weight is 547 g/mol. The van der Waals surface area contributed by atoms with Gasteiger partial charge in [0.2, 0.25) is 11.8 Å². The van der Waals surface area contributed by atoms with Crippen LogP contribution in [0.2, 0.25) is 0 Å². The van der Waals surface area contributed by atoms with E-state index < -0.39 is 5.92 Å². The number of aromatic nitrogens is 2. The van der Waals surface area contributed by atoms with E-state index in [1.54, 1.807) is 14.2 Å². The molecule has 0 radical (unpaired) electrons. The van der Waals surface area contributed by atoms with E-state index in [1.807, 2.05) is 73.7 Å². The van der Waals surface area contributed by atoms with Crippen molar-refractivity contribution in [3.05, 3.63) is 72.3 Å². The molecular formula is C28H26N4O4S2. The van der Waals surface area contributed by atoms with Crippen LogP contribution < -0.4 is 20.1 Å². The van der Waals surface area contributed by atoms with Gasteiger partial charge < -0.3 is 20.1 Å². The smallest absolute Gasteiger partial charge is 0.230 e. The second-order valence-electron chi connectivity index (χ2n) is 8.75. The Balaban J connectivity index is 1.36. The van der Waals surface area contributed by atoms with Crippen LogP contribution >= 0.6 is 22.7 Å². The molecule has 5 rings (SSSR count). The van der Waals surface area contributed by atoms with Crippen molar-refractivity contribution in [3.63, 3.8) is 0 Å². The number of amides is 2. The van der Waals surface area contributed by atoms with Crippen LogP contribution in [0.15, 0.2) is 66.7 Å². The molecule has 0 aliphatic heterocycles. The van der Waals surface area contributed by atoms with E-state index in [0.29, 0.717) is 21.8 Å². The zero-order chi connectivity index (χ0) is 26.6. The van der Waals surface area contributed by atoms with E-state index in [9.17, 15) is 9.59 Å². The summed E-state index contributed by atoms with van der Waals surface area (Å²) >= 11 is 2.75. The van der Waals surface area contributed by atoms with Gasteiger partial charge in [0.15, 0.2) is 10.3 Å². The first-order valence-corrected chi connectivity index (χ1v) is 13.6. The number of anilines is 2. The third-order valence-corrected chi connectivity index (χ3v) is 8.24. The van der Waals surface area contributed by atoms with Crippen LogP contribution in [0.25, 0.3) is 20.4 Å². The van der Waals surface area contributed by atoms with Crippen LogP contribution in [0, 0.1) is 5.92 Å². The maximum absolute atomic E-state index is 13.6. The number of carbonyl (C=O) groups excluding carboxylic acids is 2. The molecule has 38 heavy (non-hydrogen) atoms. The summed E-state index contributed by atoms with van der Waals surface area (Å²) in [7, 11) is 3.20. The van der Waals surface area contributed by atoms with E-state index >= 15 is 0 Å². The molecule has 0 aliphatic rings. The lowest BCUT2D eigenvalue weighted by atomic mass is 9.84. The number of nitrogens with one attached hydrogen (secondary N) is 2. The molecule has 2 aromatic heterocycles. The number of rotatable bonds is 9. The van der Waals surface area contributed by atoms with Crippen molar-refractivity contribution in [3.8, 4) is 11.5 Å². The molecular weight excluding hydrogens is 520 g/mol. The van der Waals surface area contributed by atoms with Crippen molar-refractivity contribution in [2.24, 2.45) is 5.92 Å². The quantitative estimate of drug-likeness (QED) is 0.225. The van der Waals surface area contributed by atoms with Crippen LogP contribution in [0.4, 0.5) is 10.3 Å². The number of hydrogen-bond acceptors (Lipinski definition) is 8. The van der Waals surface area contributed by atoms with Gasteiger partial charge in [0.25, 0.3) is 0 Å². The van der Waals surface area contributed by atoms with Gasteiger partial charge in [-0.3, -0.25) is 9.59 Å². The third kappa shape index (κ3) is 5.61. The zero-order valence-electron chi connectivity index (χ0n) is 21.1. The van der Waals surface area contributed by atoms with Gasteiger partial charge in [-0.15, -0.1) is 0 Å². The third-order valence-electron chi connectivity index (χ3n) is 6.34. The molecule has 0 spiro atoms. The minimum atomic E-state index is -0.631. The summed E-state index contributed by atoms with van der Waals surface area (Å²) in [5, 5.41) is 6.78. The lowest BCUT2D eigenvalue weighted by Gasteiger charge is -2.22. The van der Waals surface area contributed by atoms with Gasteiger partial charge in [0.05, 0.1) is 40.6 Å². The van der Waals surface area contributed by atoms with Crippen LogP contribution in [-0.2, 0) is 9.59 Å². The number of methoxy groups -OCH3 is 2. The zero-order valence-corrected chi connectivity index (χ0v) is 22.7. The minimum Gasteiger partial charge on any atom is -0.497 e. The topological polar surface area (TPSA) is 102 Å². The van der Waals surface area contributed by atoms with Gasteiger partial charge in [0.1, 0.15) is 11.5 Å². The number of hydrogen-bond donors (Lipinski definition) is 2. The molecule has 0 fully saturated rings. The fourth-order valence-electron chi connectivity index (χ4n) is 4.23. The molecule has 2 N–H and O–H groups in total. The fraction of sp³-hybridized carbons (Fsp3) is 0.214. The van der Waals surface area contributed by atoms with Crippen LogP contribution in [-0.4, -0.2) is 36.0 Å². The van der Waals surface area contributed by atoms with E-state index in [-0.39, 0.29) is 24.2 Å². The number of fused-ring (bicyclic) bond motifs is 2. The molecule has 0 saturated carbocycles. The predicted octanol–water partition coefficient (Wildman–Crippen LogP) is 6.31. The van der Waals surface area contributed by atoms with Crippen LogP contribution in [0.1, 0.15) is 24.8 Å². The van der Waals surface area contributed by atoms with Gasteiger partial charge in [-0.2, -0.15) is 0 Å². The molecule has 0 aliphatic carbocycles. The van der Waals surface area contributed by atoms with E-state index in [0.717, 1.165) is 26.0 Å². The summed E-state index contributed by atoms with van der Waals surface area (Å²) in [6.45, 7) is 1.96. The molecule has 10 heteroatoms. The van der Waals surface area contributed by atoms with Crippen molar-refractivity contribution in [1.82, 2.24) is 9.97 Å². The molecule has 2 heterocycles. The average Bonchev–Trinajstić information content (AvgIpc) is 3.53. The SMILES string of the molecule is COc1ccc2sc(NC(=O)C[C@H](C(=O)Nc3nc4cc(OC)ccc4s3)[C@H](C)c3ccccc3)nc2c1. The van der Waals surface area contributed by atoms with Crippen molar-refractivity contribution in [2.75, 3.05) is 24.9 Å². The molecule has 0 unspecified atom stereocenters. The fourth-order valence-corrected chi connectivity index (χ4v) is 5.94. The highest BCUT2D eigenvalue weighted by atomic mass is 32.1. The van der Waals surface area contributed by atoms with E-state index in [1.165, 1.54) is 22.7 Å². The number of benzene rings is 3. The van der Waals surface area contributed by atoms with Crippen molar-refractivity contribution in [2.45, 2.75) is 19.3 Å². The maximum atomic E-state index is 13.6. The van der Waals surface area contributed by atoms with Crippen LogP contribution in [0.5, 0.6) is 11.5 Å². The Morgan fingerprint density at radius 1 is 0.816 bits per heavy atom. The highest BCUT2D eigenvalue weighted by Gasteiger charge is 2.30. The Morgan fingerprint density at radius 2 is 1.37 bits per heavy atom. The first-order valence-electron chi connectivity index (χ1n) is 12.0. The maximum Gasteiger partial charge on any atom is 0.230 e. The summed E-state index contributed by atoms with van der Waals surface area (Å²) in [6.07, 6.45) is -0.0140. The summed E-state index contributed by atoms with van der Waals surface area (Å²) in [5.41, 5.74) is 2.45. The Hall–Kier alpha value is -4.02. The van der Waals surface area contributed by atoms with Crippen molar-refractivity contribution in [1.29, 1.82) is 0 Å². The molecule has 5 aromatic rings. The Labute approximate surface area is 227 Å². The second-order valence-corrected chi connectivity index (χ2v) is 10.8. The van der Waals surface area contributed by atoms with Crippen molar-refractivity contribution >= 4 is 65.2 Å². The lowest BCUT2D eigenvalue weighted by molar-refractivity contribution is -0.125. The number of carbonyl (C=O) groups is 2.